The standard InChI is InChI=1S/C19H25N3O3S2/c1-2-22-16-10-9-14(27(24,25)21-11-4-3-5-12-21)13-15(16)20-19(22)26-18-8-6-7-17(18)23/h9-10,13,18H,2-8,11-12H2,1H3/t18-/m0/s1. The minimum atomic E-state index is -3.47. The fourth-order valence-corrected chi connectivity index (χ4v) is 6.77. The highest BCUT2D eigenvalue weighted by Gasteiger charge is 2.29. The van der Waals surface area contributed by atoms with E-state index < -0.39 is 10.0 Å². The minimum Gasteiger partial charge on any atom is -0.319 e. The lowest BCUT2D eigenvalue weighted by Gasteiger charge is -2.25. The normalized spacial score (nSPS) is 22.0. The van der Waals surface area contributed by atoms with Crippen LogP contribution in [-0.2, 0) is 21.4 Å². The van der Waals surface area contributed by atoms with Crippen molar-refractivity contribution in [2.75, 3.05) is 13.1 Å². The number of carbonyl (C=O) groups is 1. The van der Waals surface area contributed by atoms with Gasteiger partial charge in [-0.3, -0.25) is 4.79 Å². The van der Waals surface area contributed by atoms with Crippen LogP contribution in [0.15, 0.2) is 28.3 Å². The summed E-state index contributed by atoms with van der Waals surface area (Å²) in [7, 11) is -3.47. The van der Waals surface area contributed by atoms with Crippen LogP contribution in [0.5, 0.6) is 0 Å². The Labute approximate surface area is 164 Å². The molecule has 4 rings (SSSR count). The van der Waals surface area contributed by atoms with Crippen LogP contribution < -0.4 is 0 Å². The van der Waals surface area contributed by atoms with Gasteiger partial charge in [-0.05, 0) is 50.8 Å². The van der Waals surface area contributed by atoms with Crippen LogP contribution in [0.4, 0.5) is 0 Å². The second-order valence-corrected chi connectivity index (χ2v) is 10.3. The van der Waals surface area contributed by atoms with Gasteiger partial charge in [0.15, 0.2) is 5.16 Å². The molecule has 2 fully saturated rings. The third-order valence-corrected chi connectivity index (χ3v) is 8.65. The zero-order valence-electron chi connectivity index (χ0n) is 15.6. The van der Waals surface area contributed by atoms with E-state index in [0.717, 1.165) is 49.3 Å². The van der Waals surface area contributed by atoms with Gasteiger partial charge in [0.1, 0.15) is 5.78 Å². The van der Waals surface area contributed by atoms with E-state index in [-0.39, 0.29) is 5.25 Å². The number of carbonyl (C=O) groups excluding carboxylic acids is 1. The van der Waals surface area contributed by atoms with E-state index in [2.05, 4.69) is 4.57 Å². The van der Waals surface area contributed by atoms with Crippen molar-refractivity contribution in [3.05, 3.63) is 18.2 Å². The van der Waals surface area contributed by atoms with Crippen molar-refractivity contribution in [2.24, 2.45) is 0 Å². The number of nitrogens with zero attached hydrogens (tertiary/aromatic N) is 3. The van der Waals surface area contributed by atoms with Gasteiger partial charge < -0.3 is 4.57 Å². The van der Waals surface area contributed by atoms with Crippen molar-refractivity contribution in [1.29, 1.82) is 0 Å². The van der Waals surface area contributed by atoms with Gasteiger partial charge in [0.2, 0.25) is 10.0 Å². The molecule has 1 aliphatic carbocycles. The molecular formula is C19H25N3O3S2. The molecule has 0 unspecified atom stereocenters. The molecule has 0 spiro atoms. The molecule has 0 radical (unpaired) electrons. The highest BCUT2D eigenvalue weighted by atomic mass is 32.2. The Morgan fingerprint density at radius 2 is 1.96 bits per heavy atom. The Bertz CT molecular complexity index is 962. The van der Waals surface area contributed by atoms with Crippen molar-refractivity contribution in [1.82, 2.24) is 13.9 Å². The first-order valence-corrected chi connectivity index (χ1v) is 12.0. The van der Waals surface area contributed by atoms with Crippen LogP contribution in [0.2, 0.25) is 0 Å². The Morgan fingerprint density at radius 1 is 1.19 bits per heavy atom. The number of hydrogen-bond acceptors (Lipinski definition) is 5. The molecule has 0 N–H and O–H groups in total. The molecule has 0 amide bonds. The molecule has 2 heterocycles. The van der Waals surface area contributed by atoms with Gasteiger partial charge in [-0.15, -0.1) is 0 Å². The number of benzene rings is 1. The monoisotopic (exact) mass is 407 g/mol. The second-order valence-electron chi connectivity index (χ2n) is 7.22. The molecule has 1 saturated carbocycles. The highest BCUT2D eigenvalue weighted by molar-refractivity contribution is 8.00. The summed E-state index contributed by atoms with van der Waals surface area (Å²) in [6.45, 7) is 3.96. The van der Waals surface area contributed by atoms with Crippen LogP contribution in [0.1, 0.15) is 45.4 Å². The summed E-state index contributed by atoms with van der Waals surface area (Å²) in [5, 5.41) is 0.781. The molecular weight excluding hydrogens is 382 g/mol. The summed E-state index contributed by atoms with van der Waals surface area (Å²) < 4.78 is 29.6. The maximum atomic E-state index is 13.0. The number of fused-ring (bicyclic) bond motifs is 1. The third-order valence-electron chi connectivity index (χ3n) is 5.45. The Hall–Kier alpha value is -1.38. The maximum absolute atomic E-state index is 13.0. The number of piperidine rings is 1. The third kappa shape index (κ3) is 3.54. The lowest BCUT2D eigenvalue weighted by atomic mass is 10.2. The fraction of sp³-hybridized carbons (Fsp3) is 0.579. The van der Waals surface area contributed by atoms with Crippen LogP contribution in [0, 0.1) is 0 Å². The number of imidazole rings is 1. The molecule has 146 valence electrons. The lowest BCUT2D eigenvalue weighted by Crippen LogP contribution is -2.35. The van der Waals surface area contributed by atoms with Gasteiger partial charge in [0, 0.05) is 26.1 Å². The van der Waals surface area contributed by atoms with Crippen molar-refractivity contribution < 1.29 is 13.2 Å². The van der Waals surface area contributed by atoms with Gasteiger partial charge in [-0.1, -0.05) is 18.2 Å². The van der Waals surface area contributed by atoms with E-state index in [1.807, 2.05) is 13.0 Å². The molecule has 27 heavy (non-hydrogen) atoms. The van der Waals surface area contributed by atoms with Gasteiger partial charge >= 0.3 is 0 Å². The van der Waals surface area contributed by atoms with E-state index in [1.165, 1.54) is 11.8 Å². The molecule has 6 nitrogen and oxygen atoms in total. The largest absolute Gasteiger partial charge is 0.319 e. The summed E-state index contributed by atoms with van der Waals surface area (Å²) in [4.78, 5) is 17.0. The summed E-state index contributed by atoms with van der Waals surface area (Å²) in [6, 6.07) is 5.23. The number of thioether (sulfide) groups is 1. The van der Waals surface area contributed by atoms with Crippen LogP contribution in [0.3, 0.4) is 0 Å². The van der Waals surface area contributed by atoms with E-state index in [0.29, 0.717) is 35.7 Å². The number of rotatable bonds is 5. The highest BCUT2D eigenvalue weighted by Crippen LogP contribution is 2.34. The second kappa shape index (κ2) is 7.56. The van der Waals surface area contributed by atoms with E-state index in [1.54, 1.807) is 16.4 Å². The molecule has 2 aliphatic rings. The SMILES string of the molecule is CCn1c(S[C@H]2CCCC2=O)nc2cc(S(=O)(=O)N3CCCCC3)ccc21. The molecule has 0 bridgehead atoms. The number of sulfonamides is 1. The van der Waals surface area contributed by atoms with Crippen molar-refractivity contribution in [2.45, 2.75) is 67.3 Å². The first-order chi connectivity index (χ1) is 13.0. The van der Waals surface area contributed by atoms with Crippen molar-refractivity contribution in [3.8, 4) is 0 Å². The predicted molar refractivity (Wildman–Crippen MR) is 107 cm³/mol. The molecule has 1 aromatic carbocycles. The summed E-state index contributed by atoms with van der Waals surface area (Å²) in [5.74, 6) is 0.295. The van der Waals surface area contributed by atoms with E-state index in [4.69, 9.17) is 4.98 Å². The smallest absolute Gasteiger partial charge is 0.243 e. The van der Waals surface area contributed by atoms with Gasteiger partial charge in [0.25, 0.3) is 0 Å². The molecule has 1 aliphatic heterocycles. The van der Waals surface area contributed by atoms with Gasteiger partial charge in [0.05, 0.1) is 21.2 Å². The summed E-state index contributed by atoms with van der Waals surface area (Å²) >= 11 is 1.52. The number of aromatic nitrogens is 2. The Kier molecular flexibility index (Phi) is 5.31. The topological polar surface area (TPSA) is 72.3 Å². The summed E-state index contributed by atoms with van der Waals surface area (Å²) in [5.41, 5.74) is 1.60. The van der Waals surface area contributed by atoms with Gasteiger partial charge in [-0.2, -0.15) is 4.31 Å². The van der Waals surface area contributed by atoms with Crippen molar-refractivity contribution in [3.63, 3.8) is 0 Å². The number of hydrogen-bond donors (Lipinski definition) is 0. The van der Waals surface area contributed by atoms with E-state index in [9.17, 15) is 13.2 Å². The molecule has 1 saturated heterocycles. The fourth-order valence-electron chi connectivity index (χ4n) is 3.93. The lowest BCUT2D eigenvalue weighted by molar-refractivity contribution is -0.116. The minimum absolute atomic E-state index is 0.0244. The first kappa shape index (κ1) is 19.0. The number of aryl methyl sites for hydroxylation is 1. The molecule has 8 heteroatoms. The predicted octanol–water partition coefficient (Wildman–Crippen LogP) is 3.44. The van der Waals surface area contributed by atoms with E-state index >= 15 is 0 Å². The quantitative estimate of drug-likeness (QED) is 0.759. The van der Waals surface area contributed by atoms with Gasteiger partial charge in [-0.25, -0.2) is 13.4 Å². The number of Topliss-reactive ketones (excluding diaryl/α,β-unsaturated/α-hetero) is 1. The van der Waals surface area contributed by atoms with Crippen LogP contribution in [-0.4, -0.2) is 46.4 Å². The van der Waals surface area contributed by atoms with Crippen LogP contribution in [0.25, 0.3) is 11.0 Å². The zero-order chi connectivity index (χ0) is 19.0. The Morgan fingerprint density at radius 3 is 2.63 bits per heavy atom. The maximum Gasteiger partial charge on any atom is 0.243 e. The Balaban J connectivity index is 1.69. The average Bonchev–Trinajstić information content (AvgIpc) is 3.24. The number of ketones is 1. The molecule has 1 aromatic heterocycles. The molecule has 1 atom stereocenters. The van der Waals surface area contributed by atoms with Crippen molar-refractivity contribution >= 4 is 38.6 Å². The summed E-state index contributed by atoms with van der Waals surface area (Å²) in [6.07, 6.45) is 5.42. The average molecular weight is 408 g/mol. The first-order valence-electron chi connectivity index (χ1n) is 9.70. The zero-order valence-corrected chi connectivity index (χ0v) is 17.2. The van der Waals surface area contributed by atoms with Crippen LogP contribution >= 0.6 is 11.8 Å². The molecule has 2 aromatic rings.